The number of hydrogen-bond acceptors (Lipinski definition) is 4. The van der Waals surface area contributed by atoms with Crippen LogP contribution in [0, 0.1) is 12.8 Å². The van der Waals surface area contributed by atoms with Gasteiger partial charge in [0, 0.05) is 11.6 Å². The number of carbonyl (C=O) groups excluding carboxylic acids is 3. The van der Waals surface area contributed by atoms with Crippen molar-refractivity contribution < 1.29 is 19.1 Å². The molecule has 0 aliphatic rings. The summed E-state index contributed by atoms with van der Waals surface area (Å²) in [4.78, 5) is 42.5. The molecule has 0 aliphatic heterocycles. The van der Waals surface area contributed by atoms with Gasteiger partial charge in [-0.2, -0.15) is 0 Å². The Balaban J connectivity index is 3.64. The summed E-state index contributed by atoms with van der Waals surface area (Å²) in [6, 6.07) is 5.92. The van der Waals surface area contributed by atoms with Crippen LogP contribution in [-0.4, -0.2) is 46.0 Å². The molecule has 0 spiro atoms. The van der Waals surface area contributed by atoms with Gasteiger partial charge in [0.25, 0.3) is 0 Å². The summed E-state index contributed by atoms with van der Waals surface area (Å²) in [6.07, 6.45) is 1.74. The molecule has 1 aromatic carbocycles. The lowest BCUT2D eigenvalue weighted by Crippen LogP contribution is -2.61. The van der Waals surface area contributed by atoms with Crippen molar-refractivity contribution in [2.75, 3.05) is 0 Å². The maximum absolute atomic E-state index is 14.3. The first-order chi connectivity index (χ1) is 16.6. The van der Waals surface area contributed by atoms with Gasteiger partial charge in [0.2, 0.25) is 11.8 Å². The van der Waals surface area contributed by atoms with Gasteiger partial charge in [-0.15, -0.1) is 0 Å². The average molecular weight is 504 g/mol. The molecule has 2 N–H and O–H groups in total. The van der Waals surface area contributed by atoms with Gasteiger partial charge in [-0.05, 0) is 78.4 Å². The summed E-state index contributed by atoms with van der Waals surface area (Å²) in [7, 11) is 0. The van der Waals surface area contributed by atoms with Gasteiger partial charge in [0.1, 0.15) is 17.7 Å². The number of amides is 3. The van der Waals surface area contributed by atoms with E-state index >= 15 is 0 Å². The first kappa shape index (κ1) is 31.5. The second-order valence-corrected chi connectivity index (χ2v) is 11.7. The topological polar surface area (TPSA) is 87.7 Å². The van der Waals surface area contributed by atoms with Gasteiger partial charge < -0.3 is 20.3 Å². The summed E-state index contributed by atoms with van der Waals surface area (Å²) in [5.41, 5.74) is 0.328. The largest absolute Gasteiger partial charge is 0.444 e. The van der Waals surface area contributed by atoms with Gasteiger partial charge >= 0.3 is 6.09 Å². The number of hydrogen-bond donors (Lipinski definition) is 2. The molecule has 0 aliphatic carbocycles. The van der Waals surface area contributed by atoms with E-state index in [1.165, 1.54) is 0 Å². The van der Waals surface area contributed by atoms with Gasteiger partial charge in [-0.3, -0.25) is 9.59 Å². The standard InChI is InChI=1S/C29H49N3O4/c1-12-16-21(6)30-25(33)24(22-18-15-14-17-20(22)5)32(29(10,11)13-2)26(34)23(19(3)4)31-27(35)36-28(7,8)9/h14-15,17-19,21,23-24H,12-13,16H2,1-11H3,(H,30,33)(H,31,35). The lowest BCUT2D eigenvalue weighted by Gasteiger charge is -2.45. The van der Waals surface area contributed by atoms with Gasteiger partial charge in [-0.1, -0.05) is 58.4 Å². The van der Waals surface area contributed by atoms with E-state index in [2.05, 4.69) is 17.6 Å². The van der Waals surface area contributed by atoms with Crippen LogP contribution < -0.4 is 10.6 Å². The zero-order valence-corrected chi connectivity index (χ0v) is 24.3. The summed E-state index contributed by atoms with van der Waals surface area (Å²) in [6.45, 7) is 21.0. The first-order valence-corrected chi connectivity index (χ1v) is 13.2. The molecule has 3 unspecified atom stereocenters. The van der Waals surface area contributed by atoms with E-state index in [0.29, 0.717) is 6.42 Å². The van der Waals surface area contributed by atoms with Gasteiger partial charge in [0.15, 0.2) is 0 Å². The van der Waals surface area contributed by atoms with Crippen molar-refractivity contribution in [2.24, 2.45) is 5.92 Å². The summed E-state index contributed by atoms with van der Waals surface area (Å²) in [5, 5.41) is 5.92. The van der Waals surface area contributed by atoms with E-state index in [1.54, 1.807) is 25.7 Å². The molecule has 3 amide bonds. The average Bonchev–Trinajstić information content (AvgIpc) is 2.74. The van der Waals surface area contributed by atoms with E-state index < -0.39 is 29.3 Å². The van der Waals surface area contributed by atoms with Crippen LogP contribution in [0.25, 0.3) is 0 Å². The number of nitrogens with one attached hydrogen (secondary N) is 2. The van der Waals surface area contributed by atoms with Crippen molar-refractivity contribution in [3.63, 3.8) is 0 Å². The molecule has 0 radical (unpaired) electrons. The van der Waals surface area contributed by atoms with E-state index in [1.807, 2.05) is 72.7 Å². The first-order valence-electron chi connectivity index (χ1n) is 13.2. The Labute approximate surface area is 218 Å². The molecule has 0 saturated heterocycles. The van der Waals surface area contributed by atoms with Crippen LogP contribution in [-0.2, 0) is 14.3 Å². The van der Waals surface area contributed by atoms with Crippen LogP contribution in [0.5, 0.6) is 0 Å². The number of ether oxygens (including phenoxy) is 1. The molecule has 0 bridgehead atoms. The fourth-order valence-corrected chi connectivity index (χ4v) is 4.16. The third-order valence-electron chi connectivity index (χ3n) is 6.46. The van der Waals surface area contributed by atoms with E-state index in [-0.39, 0.29) is 23.8 Å². The molecule has 0 saturated carbocycles. The van der Waals surface area contributed by atoms with Crippen molar-refractivity contribution in [1.82, 2.24) is 15.5 Å². The molecule has 36 heavy (non-hydrogen) atoms. The minimum absolute atomic E-state index is 0.0310. The highest BCUT2D eigenvalue weighted by Gasteiger charge is 2.44. The molecule has 0 aromatic heterocycles. The predicted molar refractivity (Wildman–Crippen MR) is 146 cm³/mol. The van der Waals surface area contributed by atoms with Crippen molar-refractivity contribution in [1.29, 1.82) is 0 Å². The number of nitrogens with zero attached hydrogens (tertiary/aromatic N) is 1. The van der Waals surface area contributed by atoms with E-state index in [4.69, 9.17) is 4.74 Å². The van der Waals surface area contributed by atoms with Crippen LogP contribution in [0.2, 0.25) is 0 Å². The van der Waals surface area contributed by atoms with Crippen molar-refractivity contribution in [2.45, 2.75) is 125 Å². The van der Waals surface area contributed by atoms with Gasteiger partial charge in [0.05, 0.1) is 0 Å². The van der Waals surface area contributed by atoms with Crippen molar-refractivity contribution >= 4 is 17.9 Å². The third kappa shape index (κ3) is 8.82. The molecule has 0 heterocycles. The van der Waals surface area contributed by atoms with Crippen LogP contribution in [0.4, 0.5) is 4.79 Å². The maximum Gasteiger partial charge on any atom is 0.408 e. The summed E-state index contributed by atoms with van der Waals surface area (Å²) >= 11 is 0. The third-order valence-corrected chi connectivity index (χ3v) is 6.46. The molecule has 1 rings (SSSR count). The highest BCUT2D eigenvalue weighted by molar-refractivity contribution is 5.93. The highest BCUT2D eigenvalue weighted by atomic mass is 16.6. The SMILES string of the molecule is CCCC(C)NC(=O)C(c1ccccc1C)N(C(=O)C(NC(=O)OC(C)(C)C)C(C)C)C(C)(C)CC. The fraction of sp³-hybridized carbons (Fsp3) is 0.690. The molecular formula is C29H49N3O4. The Morgan fingerprint density at radius 1 is 0.972 bits per heavy atom. The summed E-state index contributed by atoms with van der Waals surface area (Å²) in [5.74, 6) is -0.756. The molecule has 3 atom stereocenters. The van der Waals surface area contributed by atoms with Crippen LogP contribution in [0.3, 0.4) is 0 Å². The highest BCUT2D eigenvalue weighted by Crippen LogP contribution is 2.34. The lowest BCUT2D eigenvalue weighted by molar-refractivity contribution is -0.150. The minimum Gasteiger partial charge on any atom is -0.444 e. The zero-order chi connectivity index (χ0) is 27.8. The number of carbonyl (C=O) groups is 3. The van der Waals surface area contributed by atoms with Crippen molar-refractivity contribution in [3.8, 4) is 0 Å². The molecule has 7 nitrogen and oxygen atoms in total. The molecule has 204 valence electrons. The second-order valence-electron chi connectivity index (χ2n) is 11.7. The van der Waals surface area contributed by atoms with Crippen LogP contribution in [0.1, 0.15) is 106 Å². The molecular weight excluding hydrogens is 454 g/mol. The molecule has 0 fully saturated rings. The van der Waals surface area contributed by atoms with E-state index in [9.17, 15) is 14.4 Å². The lowest BCUT2D eigenvalue weighted by atomic mass is 9.89. The monoisotopic (exact) mass is 503 g/mol. The quantitative estimate of drug-likeness (QED) is 0.393. The van der Waals surface area contributed by atoms with Gasteiger partial charge in [-0.25, -0.2) is 4.79 Å². The Hall–Kier alpha value is -2.57. The Morgan fingerprint density at radius 3 is 2.03 bits per heavy atom. The zero-order valence-electron chi connectivity index (χ0n) is 24.3. The minimum atomic E-state index is -0.863. The smallest absolute Gasteiger partial charge is 0.408 e. The molecule has 1 aromatic rings. The Kier molecular flexibility index (Phi) is 11.5. The predicted octanol–water partition coefficient (Wildman–Crippen LogP) is 5.91. The maximum atomic E-state index is 14.3. The van der Waals surface area contributed by atoms with E-state index in [0.717, 1.165) is 24.0 Å². The van der Waals surface area contributed by atoms with Crippen molar-refractivity contribution in [3.05, 3.63) is 35.4 Å². The number of aryl methyl sites for hydroxylation is 1. The number of benzene rings is 1. The summed E-state index contributed by atoms with van der Waals surface area (Å²) < 4.78 is 5.45. The number of rotatable bonds is 11. The van der Waals surface area contributed by atoms with Crippen LogP contribution >= 0.6 is 0 Å². The second kappa shape index (κ2) is 13.1. The Morgan fingerprint density at radius 2 is 1.56 bits per heavy atom. The molecule has 7 heteroatoms. The fourth-order valence-electron chi connectivity index (χ4n) is 4.16. The number of alkyl carbamates (subject to hydrolysis) is 1. The Bertz CT molecular complexity index is 889. The normalized spacial score (nSPS) is 14.6. The van der Waals surface area contributed by atoms with Crippen LogP contribution in [0.15, 0.2) is 24.3 Å².